The summed E-state index contributed by atoms with van der Waals surface area (Å²) in [5.41, 5.74) is 0.209. The summed E-state index contributed by atoms with van der Waals surface area (Å²) < 4.78 is 13.0. The van der Waals surface area contributed by atoms with Crippen LogP contribution in [0.1, 0.15) is 42.5 Å². The van der Waals surface area contributed by atoms with Crippen LogP contribution in [0.5, 0.6) is 5.75 Å². The highest BCUT2D eigenvalue weighted by Gasteiger charge is 2.33. The smallest absolute Gasteiger partial charge is 0.257 e. The second kappa shape index (κ2) is 5.43. The molecule has 20 heavy (non-hydrogen) atoms. The van der Waals surface area contributed by atoms with Gasteiger partial charge in [-0.25, -0.2) is 4.39 Å². The summed E-state index contributed by atoms with van der Waals surface area (Å²) in [6.45, 7) is 1.52. The minimum absolute atomic E-state index is 0.175. The fraction of sp³-hybridized carbons (Fsp3) is 0.562. The molecular weight excluding hydrogens is 257 g/mol. The average Bonchev–Trinajstić information content (AvgIpc) is 2.46. The van der Waals surface area contributed by atoms with Crippen molar-refractivity contribution in [1.82, 2.24) is 4.90 Å². The van der Waals surface area contributed by atoms with Gasteiger partial charge in [-0.05, 0) is 36.8 Å². The Balaban J connectivity index is 1.74. The van der Waals surface area contributed by atoms with Gasteiger partial charge in [-0.2, -0.15) is 0 Å². The Morgan fingerprint density at radius 3 is 2.70 bits per heavy atom. The van der Waals surface area contributed by atoms with Crippen molar-refractivity contribution >= 4 is 5.91 Å². The van der Waals surface area contributed by atoms with Gasteiger partial charge in [0.05, 0.1) is 5.56 Å². The summed E-state index contributed by atoms with van der Waals surface area (Å²) >= 11 is 0. The van der Waals surface area contributed by atoms with Gasteiger partial charge < -0.3 is 10.0 Å². The molecule has 1 aromatic carbocycles. The molecule has 0 spiro atoms. The molecule has 1 amide bonds. The zero-order chi connectivity index (χ0) is 14.1. The number of piperidine rings is 1. The maximum atomic E-state index is 13.0. The number of phenolic OH excluding ortho intramolecular Hbond substituents is 1. The summed E-state index contributed by atoms with van der Waals surface area (Å²) in [5.74, 6) is 0.399. The minimum Gasteiger partial charge on any atom is -0.507 e. The van der Waals surface area contributed by atoms with Gasteiger partial charge in [-0.1, -0.05) is 19.3 Å². The first-order valence-electron chi connectivity index (χ1n) is 7.43. The van der Waals surface area contributed by atoms with Crippen LogP contribution in [0.4, 0.5) is 4.39 Å². The molecule has 1 aliphatic carbocycles. The number of rotatable bonds is 1. The van der Waals surface area contributed by atoms with Crippen LogP contribution in [-0.4, -0.2) is 29.0 Å². The van der Waals surface area contributed by atoms with Crippen molar-refractivity contribution in [1.29, 1.82) is 0 Å². The van der Waals surface area contributed by atoms with Gasteiger partial charge in [-0.15, -0.1) is 0 Å². The molecule has 1 saturated heterocycles. The van der Waals surface area contributed by atoms with Crippen molar-refractivity contribution in [2.45, 2.75) is 32.1 Å². The van der Waals surface area contributed by atoms with Crippen LogP contribution in [-0.2, 0) is 0 Å². The van der Waals surface area contributed by atoms with E-state index in [0.717, 1.165) is 31.5 Å². The molecule has 1 aromatic rings. The molecule has 2 aliphatic rings. The lowest BCUT2D eigenvalue weighted by atomic mass is 9.75. The number of carbonyl (C=O) groups excluding carboxylic acids is 1. The predicted molar refractivity (Wildman–Crippen MR) is 74.0 cm³/mol. The van der Waals surface area contributed by atoms with E-state index in [0.29, 0.717) is 5.92 Å². The van der Waals surface area contributed by atoms with Gasteiger partial charge in [0.2, 0.25) is 0 Å². The van der Waals surface area contributed by atoms with Gasteiger partial charge in [0, 0.05) is 19.2 Å². The monoisotopic (exact) mass is 277 g/mol. The van der Waals surface area contributed by atoms with E-state index >= 15 is 0 Å². The highest BCUT2D eigenvalue weighted by atomic mass is 19.1. The van der Waals surface area contributed by atoms with E-state index in [-0.39, 0.29) is 17.2 Å². The van der Waals surface area contributed by atoms with Crippen LogP contribution in [0.2, 0.25) is 0 Å². The molecule has 1 heterocycles. The number of hydrogen-bond donors (Lipinski definition) is 1. The number of benzene rings is 1. The largest absolute Gasteiger partial charge is 0.507 e. The molecule has 0 aromatic heterocycles. The molecule has 2 fully saturated rings. The number of phenols is 1. The van der Waals surface area contributed by atoms with Crippen LogP contribution >= 0.6 is 0 Å². The first-order chi connectivity index (χ1) is 9.65. The number of hydrogen-bond acceptors (Lipinski definition) is 2. The van der Waals surface area contributed by atoms with Gasteiger partial charge in [0.15, 0.2) is 0 Å². The Kier molecular flexibility index (Phi) is 3.64. The van der Waals surface area contributed by atoms with Crippen molar-refractivity contribution in [3.8, 4) is 5.75 Å². The molecule has 4 heteroatoms. The molecule has 1 saturated carbocycles. The zero-order valence-corrected chi connectivity index (χ0v) is 11.5. The van der Waals surface area contributed by atoms with Crippen LogP contribution in [0.15, 0.2) is 18.2 Å². The fourth-order valence-corrected chi connectivity index (χ4v) is 3.64. The SMILES string of the molecule is O=C(c1ccc(F)cc1O)N1CCC2CCCCC2C1. The highest BCUT2D eigenvalue weighted by molar-refractivity contribution is 5.96. The highest BCUT2D eigenvalue weighted by Crippen LogP contribution is 2.36. The molecule has 2 unspecified atom stereocenters. The van der Waals surface area contributed by atoms with Crippen molar-refractivity contribution in [3.05, 3.63) is 29.6 Å². The van der Waals surface area contributed by atoms with Gasteiger partial charge in [0.1, 0.15) is 11.6 Å². The number of fused-ring (bicyclic) bond motifs is 1. The lowest BCUT2D eigenvalue weighted by Crippen LogP contribution is -2.44. The van der Waals surface area contributed by atoms with E-state index in [1.165, 1.54) is 37.8 Å². The van der Waals surface area contributed by atoms with Crippen LogP contribution in [0.3, 0.4) is 0 Å². The van der Waals surface area contributed by atoms with Gasteiger partial charge >= 0.3 is 0 Å². The molecule has 108 valence electrons. The van der Waals surface area contributed by atoms with E-state index < -0.39 is 5.82 Å². The number of amides is 1. The molecule has 1 N–H and O–H groups in total. The predicted octanol–water partition coefficient (Wildman–Crippen LogP) is 3.18. The standard InChI is InChI=1S/C16H20FNO2/c17-13-5-6-14(15(19)9-13)16(20)18-8-7-11-3-1-2-4-12(11)10-18/h5-6,9,11-12,19H,1-4,7-8,10H2. The fourth-order valence-electron chi connectivity index (χ4n) is 3.64. The second-order valence-corrected chi connectivity index (χ2v) is 6.01. The van der Waals surface area contributed by atoms with Crippen molar-refractivity contribution < 1.29 is 14.3 Å². The Morgan fingerprint density at radius 1 is 1.20 bits per heavy atom. The molecular formula is C16H20FNO2. The maximum absolute atomic E-state index is 13.0. The van der Waals surface area contributed by atoms with Crippen LogP contribution in [0, 0.1) is 17.7 Å². The second-order valence-electron chi connectivity index (χ2n) is 6.01. The number of likely N-dealkylation sites (tertiary alicyclic amines) is 1. The van der Waals surface area contributed by atoms with Crippen molar-refractivity contribution in [3.63, 3.8) is 0 Å². The Bertz CT molecular complexity index is 517. The third kappa shape index (κ3) is 2.51. The van der Waals surface area contributed by atoms with Gasteiger partial charge in [0.25, 0.3) is 5.91 Å². The van der Waals surface area contributed by atoms with E-state index in [1.54, 1.807) is 0 Å². The van der Waals surface area contributed by atoms with E-state index in [9.17, 15) is 14.3 Å². The first kappa shape index (κ1) is 13.4. The van der Waals surface area contributed by atoms with Crippen LogP contribution in [0.25, 0.3) is 0 Å². The number of halogens is 1. The third-order valence-electron chi connectivity index (χ3n) is 4.77. The molecule has 3 rings (SSSR count). The van der Waals surface area contributed by atoms with E-state index in [4.69, 9.17) is 0 Å². The van der Waals surface area contributed by atoms with Crippen molar-refractivity contribution in [2.75, 3.05) is 13.1 Å². The lowest BCUT2D eigenvalue weighted by molar-refractivity contribution is 0.0518. The van der Waals surface area contributed by atoms with Crippen LogP contribution < -0.4 is 0 Å². The molecule has 0 bridgehead atoms. The summed E-state index contributed by atoms with van der Waals surface area (Å²) in [4.78, 5) is 14.3. The number of carbonyl (C=O) groups is 1. The van der Waals surface area contributed by atoms with Gasteiger partial charge in [-0.3, -0.25) is 4.79 Å². The Hall–Kier alpha value is -1.58. The average molecular weight is 277 g/mol. The number of aromatic hydroxyl groups is 1. The topological polar surface area (TPSA) is 40.5 Å². The third-order valence-corrected chi connectivity index (χ3v) is 4.77. The molecule has 3 nitrogen and oxygen atoms in total. The molecule has 0 radical (unpaired) electrons. The van der Waals surface area contributed by atoms with Crippen molar-refractivity contribution in [2.24, 2.45) is 11.8 Å². The quantitative estimate of drug-likeness (QED) is 0.856. The number of nitrogens with zero attached hydrogens (tertiary/aromatic N) is 1. The molecule has 2 atom stereocenters. The summed E-state index contributed by atoms with van der Waals surface area (Å²) in [6, 6.07) is 3.60. The molecule has 1 aliphatic heterocycles. The summed E-state index contributed by atoms with van der Waals surface area (Å²) in [5, 5.41) is 9.74. The zero-order valence-electron chi connectivity index (χ0n) is 11.5. The normalized spacial score (nSPS) is 26.1. The first-order valence-corrected chi connectivity index (χ1v) is 7.43. The summed E-state index contributed by atoms with van der Waals surface area (Å²) in [6.07, 6.45) is 6.11. The van der Waals surface area contributed by atoms with E-state index in [1.807, 2.05) is 4.90 Å². The summed E-state index contributed by atoms with van der Waals surface area (Å²) in [7, 11) is 0. The minimum atomic E-state index is -0.523. The Morgan fingerprint density at radius 2 is 1.95 bits per heavy atom. The van der Waals surface area contributed by atoms with E-state index in [2.05, 4.69) is 0 Å². The lowest BCUT2D eigenvalue weighted by Gasteiger charge is -2.41. The Labute approximate surface area is 118 Å². The maximum Gasteiger partial charge on any atom is 0.257 e.